The summed E-state index contributed by atoms with van der Waals surface area (Å²) in [6.07, 6.45) is -3.25. The molecule has 0 spiro atoms. The van der Waals surface area contributed by atoms with Crippen molar-refractivity contribution in [3.8, 4) is 0 Å². The van der Waals surface area contributed by atoms with Crippen molar-refractivity contribution in [2.45, 2.75) is 30.5 Å². The molecule has 0 rings (SSSR count). The second kappa shape index (κ2) is 58.9. The number of rotatable bonds is 21. The Morgan fingerprint density at radius 1 is 0.356 bits per heavy atom. The zero-order chi connectivity index (χ0) is 32.7. The topological polar surface area (TPSA) is 225 Å². The van der Waals surface area contributed by atoms with E-state index in [9.17, 15) is 0 Å². The van der Waals surface area contributed by atoms with Crippen LogP contribution in [0.4, 0.5) is 0 Å². The van der Waals surface area contributed by atoms with Crippen LogP contribution in [0.2, 0.25) is 0 Å². The predicted molar refractivity (Wildman–Crippen MR) is 145 cm³/mol. The SMILES string of the molecule is [CH2-]OCC(O)CO.[CH2-]OCC(O)COCCO.[CH2-]OCC(O)CO[CH2-].[CH2-]OCC(O)CO[CH2-].[CH2-]OCC(O)CO[CH2-].[Rf].[Rf].[Rf].[Rf]. The Hall–Kier alpha value is -4.64. The maximum absolute atomic E-state index is 8.90. The second-order valence-corrected chi connectivity index (χ2v) is 7.22. The molecule has 264 valence electrons. The number of aliphatic hydroxyl groups excluding tert-OH is 7. The summed E-state index contributed by atoms with van der Waals surface area (Å²) in [4.78, 5) is 0. The quantitative estimate of drug-likeness (QED) is 0.0498. The molecule has 20 heteroatoms. The molecule has 0 fully saturated rings. The molecular formula is C25H52O16Rf4-8. The van der Waals surface area contributed by atoms with Crippen LogP contribution in [-0.2, 0) is 42.6 Å². The molecule has 0 aliphatic heterocycles. The van der Waals surface area contributed by atoms with Crippen LogP contribution in [0, 0.1) is 56.9 Å². The van der Waals surface area contributed by atoms with Crippen LogP contribution in [0.5, 0.6) is 0 Å². The first-order valence-corrected chi connectivity index (χ1v) is 11.7. The molecule has 0 aromatic carbocycles. The summed E-state index contributed by atoms with van der Waals surface area (Å²) in [5.41, 5.74) is 0. The van der Waals surface area contributed by atoms with Crippen LogP contribution < -0.4 is 0 Å². The van der Waals surface area contributed by atoms with Gasteiger partial charge in [0, 0.05) is 52.9 Å². The minimum Gasteiger partial charge on any atom is -0.553 e. The molecule has 0 aliphatic rings. The van der Waals surface area contributed by atoms with Gasteiger partial charge in [0.2, 0.25) is 0 Å². The van der Waals surface area contributed by atoms with Crippen molar-refractivity contribution in [2.24, 2.45) is 0 Å². The maximum atomic E-state index is 8.90. The molecule has 0 amide bonds. The van der Waals surface area contributed by atoms with Gasteiger partial charge in [-0.15, -0.1) is 0 Å². The third-order valence-electron chi connectivity index (χ3n) is 3.24. The van der Waals surface area contributed by atoms with Crippen molar-refractivity contribution in [1.82, 2.24) is 0 Å². The largest absolute Gasteiger partial charge is 0.553 e. The Morgan fingerprint density at radius 3 is 0.711 bits per heavy atom. The van der Waals surface area contributed by atoms with E-state index in [4.69, 9.17) is 40.5 Å². The van der Waals surface area contributed by atoms with Crippen LogP contribution in [-0.4, -0.2) is 146 Å². The molecule has 0 saturated heterocycles. The smallest absolute Gasteiger partial charge is 0.0976 e. The van der Waals surface area contributed by atoms with Gasteiger partial charge in [-0.2, -0.15) is 0 Å². The van der Waals surface area contributed by atoms with E-state index < -0.39 is 30.5 Å². The van der Waals surface area contributed by atoms with E-state index in [2.05, 4.69) is 94.8 Å². The molecule has 45 heavy (non-hydrogen) atoms. The zero-order valence-corrected chi connectivity index (χ0v) is 52.3. The van der Waals surface area contributed by atoms with E-state index in [0.29, 0.717) is 0 Å². The monoisotopic (exact) mass is 1680 g/mol. The summed E-state index contributed by atoms with van der Waals surface area (Å²) in [5.74, 6) is 0. The summed E-state index contributed by atoms with van der Waals surface area (Å²) in [6, 6.07) is 0. The molecule has 7 N–H and O–H groups in total. The molecule has 0 saturated carbocycles. The van der Waals surface area contributed by atoms with E-state index in [1.165, 1.54) is 0 Å². The molecule has 16 nitrogen and oxygen atoms in total. The van der Waals surface area contributed by atoms with Gasteiger partial charge in [-0.25, -0.2) is 56.9 Å². The fourth-order valence-corrected chi connectivity index (χ4v) is 1.62. The predicted octanol–water partition coefficient (Wildman–Crippen LogP) is -1.80. The number of hydrogen-bond acceptors (Lipinski definition) is 16. The third-order valence-corrected chi connectivity index (χ3v) is 3.24. The number of ether oxygens (including phenoxy) is 9. The van der Waals surface area contributed by atoms with Crippen LogP contribution >= 0.6 is 0 Å². The number of aliphatic hydroxyl groups is 7. The normalized spacial score (nSPS) is 10.8. The molecule has 0 aliphatic carbocycles. The van der Waals surface area contributed by atoms with E-state index in [0.717, 1.165) is 0 Å². The molecule has 2 unspecified atom stereocenters. The van der Waals surface area contributed by atoms with Crippen molar-refractivity contribution in [3.63, 3.8) is 0 Å². The molecule has 0 aromatic heterocycles. The average molecular weight is 1680 g/mol. The second-order valence-electron chi connectivity index (χ2n) is 7.22. The van der Waals surface area contributed by atoms with Gasteiger partial charge < -0.3 is 78.4 Å². The molecule has 0 bridgehead atoms. The Bertz CT molecular complexity index is 380. The minimum atomic E-state index is -0.780. The van der Waals surface area contributed by atoms with Crippen molar-refractivity contribution < 1.29 is 78.4 Å². The van der Waals surface area contributed by atoms with Crippen molar-refractivity contribution in [3.05, 3.63) is 56.9 Å². The summed E-state index contributed by atoms with van der Waals surface area (Å²) in [7, 11) is 24.5. The zero-order valence-electron chi connectivity index (χ0n) is 26.7. The fraction of sp³-hybridized carbons (Fsp3) is 0.680. The van der Waals surface area contributed by atoms with Gasteiger partial charge in [-0.3, -0.25) is 0 Å². The molecule has 0 radical (unpaired) electrons. The minimum absolute atomic E-state index is 0. The van der Waals surface area contributed by atoms with Crippen molar-refractivity contribution >= 4 is 0 Å². The van der Waals surface area contributed by atoms with Crippen LogP contribution in [0.1, 0.15) is 0 Å². The first-order valence-electron chi connectivity index (χ1n) is 11.7. The number of hydrogen-bond donors (Lipinski definition) is 7. The van der Waals surface area contributed by atoms with E-state index in [1.807, 2.05) is 0 Å². The van der Waals surface area contributed by atoms with Crippen molar-refractivity contribution in [1.29, 1.82) is 0 Å². The van der Waals surface area contributed by atoms with Crippen LogP contribution in [0.25, 0.3) is 0 Å². The van der Waals surface area contributed by atoms with Crippen LogP contribution in [0.3, 0.4) is 0 Å². The first kappa shape index (κ1) is 63.6. The van der Waals surface area contributed by atoms with Gasteiger partial charge in [-0.1, -0.05) is 0 Å². The van der Waals surface area contributed by atoms with E-state index in [-0.39, 0.29) is 79.3 Å². The van der Waals surface area contributed by atoms with Crippen molar-refractivity contribution in [2.75, 3.05) is 79.3 Å². The molecular weight excluding hydrogens is 1620 g/mol. The van der Waals surface area contributed by atoms with Gasteiger partial charge in [0.15, 0.2) is 0 Å². The first-order chi connectivity index (χ1) is 19.5. The summed E-state index contributed by atoms with van der Waals surface area (Å²) in [5, 5.41) is 59.9. The summed E-state index contributed by atoms with van der Waals surface area (Å²) >= 11 is 0. The van der Waals surface area contributed by atoms with Gasteiger partial charge in [0.05, 0.1) is 56.9 Å². The average Bonchev–Trinajstić information content (AvgIpc) is 2.92. The van der Waals surface area contributed by atoms with Gasteiger partial charge in [0.25, 0.3) is 0 Å². The van der Waals surface area contributed by atoms with E-state index >= 15 is 0 Å². The Kier molecular flexibility index (Phi) is 83.2. The Morgan fingerprint density at radius 2 is 0.556 bits per heavy atom. The molecule has 0 heterocycles. The summed E-state index contributed by atoms with van der Waals surface area (Å²) in [6.45, 7) is 1.51. The molecule has 2 atom stereocenters. The van der Waals surface area contributed by atoms with Crippen LogP contribution in [0.15, 0.2) is 0 Å². The third kappa shape index (κ3) is 79.1. The van der Waals surface area contributed by atoms with Gasteiger partial charge in [0.1, 0.15) is 0 Å². The Balaban J connectivity index is -0.0000000505. The van der Waals surface area contributed by atoms with E-state index in [1.54, 1.807) is 0 Å². The van der Waals surface area contributed by atoms with Gasteiger partial charge >= 0.3 is 0 Å². The van der Waals surface area contributed by atoms with Gasteiger partial charge in [-0.05, 0) is 0 Å². The maximum Gasteiger partial charge on any atom is 0.0976 e. The fourth-order valence-electron chi connectivity index (χ4n) is 1.62. The molecule has 0 aromatic rings. The Labute approximate surface area is 245 Å². The standard InChI is InChI=1S/C6H13O4.3C5H10O3.C4H9O3.4Rf/c1-9-4-6(8)5-10-3-2-7;3*1-7-3-5(6)4-8-2;1-7-3-4(6)2-5;;;;/h6-8H,1-5H2;3*5-6H,1-4H2;4-6H,1-3H2;;;;/q-1;3*-2;-1;;;;. The summed E-state index contributed by atoms with van der Waals surface area (Å²) < 4.78 is 39.5.